The van der Waals surface area contributed by atoms with Gasteiger partial charge in [-0.15, -0.1) is 0 Å². The van der Waals surface area contributed by atoms with Gasteiger partial charge in [0.2, 0.25) is 0 Å². The van der Waals surface area contributed by atoms with Crippen LogP contribution in [0.4, 0.5) is 0 Å². The molecule has 0 fully saturated rings. The Morgan fingerprint density at radius 1 is 0.559 bits per heavy atom. The minimum Gasteiger partial charge on any atom is -0.317 e. The summed E-state index contributed by atoms with van der Waals surface area (Å²) in [5, 5.41) is 3.71. The molecule has 7 aromatic rings. The molecule has 0 saturated heterocycles. The molecule has 4 nitrogen and oxygen atoms in total. The van der Waals surface area contributed by atoms with Gasteiger partial charge in [-0.1, -0.05) is 42.5 Å². The van der Waals surface area contributed by atoms with Crippen LogP contribution in [0, 0.1) is 0 Å². The van der Waals surface area contributed by atoms with Gasteiger partial charge in [-0.25, -0.2) is 4.98 Å². The standard InChI is InChI=1S/C30H20N4/c1-2-7-22(8-3-1)33-20-17-24-26(33)13-14-28-30(24)23-9-4-5-11-27(23)34(28)29-12-6-10-25(32-29)21-15-18-31-19-16-21/h1-20H. The highest BCUT2D eigenvalue weighted by Gasteiger charge is 2.17. The highest BCUT2D eigenvalue weighted by molar-refractivity contribution is 6.21. The lowest BCUT2D eigenvalue weighted by atomic mass is 10.1. The molecule has 0 aliphatic carbocycles. The van der Waals surface area contributed by atoms with Gasteiger partial charge in [-0.05, 0) is 60.7 Å². The maximum atomic E-state index is 5.05. The first-order valence-corrected chi connectivity index (χ1v) is 11.3. The zero-order valence-corrected chi connectivity index (χ0v) is 18.3. The second-order valence-electron chi connectivity index (χ2n) is 8.38. The molecule has 0 amide bonds. The van der Waals surface area contributed by atoms with Crippen LogP contribution in [0.15, 0.2) is 122 Å². The Balaban J connectivity index is 1.52. The Labute approximate surface area is 196 Å². The van der Waals surface area contributed by atoms with Crippen LogP contribution >= 0.6 is 0 Å². The van der Waals surface area contributed by atoms with Gasteiger partial charge in [0.15, 0.2) is 0 Å². The van der Waals surface area contributed by atoms with Crippen molar-refractivity contribution in [1.29, 1.82) is 0 Å². The largest absolute Gasteiger partial charge is 0.317 e. The van der Waals surface area contributed by atoms with Gasteiger partial charge in [0.1, 0.15) is 5.82 Å². The molecule has 0 aliphatic rings. The molecule has 0 spiro atoms. The van der Waals surface area contributed by atoms with Crippen LogP contribution in [0.3, 0.4) is 0 Å². The average Bonchev–Trinajstić information content (AvgIpc) is 3.49. The molecule has 160 valence electrons. The number of benzene rings is 3. The number of rotatable bonds is 3. The summed E-state index contributed by atoms with van der Waals surface area (Å²) >= 11 is 0. The fourth-order valence-corrected chi connectivity index (χ4v) is 4.98. The highest BCUT2D eigenvalue weighted by atomic mass is 15.1. The Kier molecular flexibility index (Phi) is 4.11. The van der Waals surface area contributed by atoms with Crippen LogP contribution in [0.2, 0.25) is 0 Å². The number of aromatic nitrogens is 4. The molecule has 0 bridgehead atoms. The molecule has 0 unspecified atom stereocenters. The van der Waals surface area contributed by atoms with E-state index in [4.69, 9.17) is 4.98 Å². The van der Waals surface area contributed by atoms with Crippen molar-refractivity contribution in [2.24, 2.45) is 0 Å². The lowest BCUT2D eigenvalue weighted by Crippen LogP contribution is -1.98. The van der Waals surface area contributed by atoms with Crippen LogP contribution in [-0.4, -0.2) is 19.1 Å². The topological polar surface area (TPSA) is 35.6 Å². The lowest BCUT2D eigenvalue weighted by Gasteiger charge is -2.09. The number of nitrogens with zero attached hydrogens (tertiary/aromatic N) is 4. The molecule has 3 aromatic carbocycles. The quantitative estimate of drug-likeness (QED) is 0.294. The Hall–Kier alpha value is -4.70. The molecule has 4 heterocycles. The van der Waals surface area contributed by atoms with E-state index in [1.807, 2.05) is 24.3 Å². The summed E-state index contributed by atoms with van der Waals surface area (Å²) < 4.78 is 4.53. The normalized spacial score (nSPS) is 11.5. The van der Waals surface area contributed by atoms with Crippen LogP contribution in [0.25, 0.3) is 55.5 Å². The van der Waals surface area contributed by atoms with Gasteiger partial charge in [-0.2, -0.15) is 0 Å². The SMILES string of the molecule is c1ccc(-n2ccc3c4c5ccccc5n(-c5cccc(-c6ccncc6)n5)c4ccc32)cc1. The summed E-state index contributed by atoms with van der Waals surface area (Å²) in [4.78, 5) is 9.19. The van der Waals surface area contributed by atoms with E-state index in [1.165, 1.54) is 21.7 Å². The van der Waals surface area contributed by atoms with Gasteiger partial charge in [0, 0.05) is 46.0 Å². The summed E-state index contributed by atoms with van der Waals surface area (Å²) in [6, 6.07) is 35.9. The van der Waals surface area contributed by atoms with Crippen molar-refractivity contribution >= 4 is 32.7 Å². The van der Waals surface area contributed by atoms with E-state index in [9.17, 15) is 0 Å². The number of fused-ring (bicyclic) bond motifs is 5. The molecule has 7 rings (SSSR count). The summed E-state index contributed by atoms with van der Waals surface area (Å²) in [6.45, 7) is 0. The molecule has 0 N–H and O–H groups in total. The van der Waals surface area contributed by atoms with Crippen molar-refractivity contribution in [2.75, 3.05) is 0 Å². The van der Waals surface area contributed by atoms with Crippen LogP contribution in [-0.2, 0) is 0 Å². The fraction of sp³-hybridized carbons (Fsp3) is 0. The van der Waals surface area contributed by atoms with E-state index in [0.29, 0.717) is 0 Å². The highest BCUT2D eigenvalue weighted by Crippen LogP contribution is 2.37. The van der Waals surface area contributed by atoms with Crippen LogP contribution < -0.4 is 0 Å². The van der Waals surface area contributed by atoms with Crippen LogP contribution in [0.5, 0.6) is 0 Å². The monoisotopic (exact) mass is 436 g/mol. The van der Waals surface area contributed by atoms with E-state index >= 15 is 0 Å². The number of para-hydroxylation sites is 2. The molecule has 4 heteroatoms. The second kappa shape index (κ2) is 7.42. The van der Waals surface area contributed by atoms with Gasteiger partial charge in [0.25, 0.3) is 0 Å². The minimum absolute atomic E-state index is 0.905. The Morgan fingerprint density at radius 2 is 1.32 bits per heavy atom. The molecular formula is C30H20N4. The first-order valence-electron chi connectivity index (χ1n) is 11.3. The molecule has 4 aromatic heterocycles. The summed E-state index contributed by atoms with van der Waals surface area (Å²) in [5.41, 5.74) is 6.64. The predicted molar refractivity (Wildman–Crippen MR) is 139 cm³/mol. The zero-order valence-electron chi connectivity index (χ0n) is 18.3. The third-order valence-corrected chi connectivity index (χ3v) is 6.48. The molecule has 0 radical (unpaired) electrons. The zero-order chi connectivity index (χ0) is 22.5. The number of hydrogen-bond donors (Lipinski definition) is 0. The van der Waals surface area contributed by atoms with Gasteiger partial charge in [0.05, 0.1) is 22.2 Å². The van der Waals surface area contributed by atoms with Crippen molar-refractivity contribution < 1.29 is 0 Å². The maximum absolute atomic E-state index is 5.05. The third kappa shape index (κ3) is 2.79. The average molecular weight is 437 g/mol. The van der Waals surface area contributed by atoms with E-state index in [0.717, 1.165) is 33.8 Å². The first-order chi connectivity index (χ1) is 16.9. The molecule has 0 atom stereocenters. The van der Waals surface area contributed by atoms with Crippen LogP contribution in [0.1, 0.15) is 0 Å². The van der Waals surface area contributed by atoms with Gasteiger partial charge < -0.3 is 4.57 Å². The number of pyridine rings is 2. The second-order valence-corrected chi connectivity index (χ2v) is 8.38. The third-order valence-electron chi connectivity index (χ3n) is 6.48. The van der Waals surface area contributed by atoms with Gasteiger partial charge in [-0.3, -0.25) is 9.55 Å². The molecule has 0 aliphatic heterocycles. The van der Waals surface area contributed by atoms with Crippen molar-refractivity contribution in [2.45, 2.75) is 0 Å². The van der Waals surface area contributed by atoms with Crippen molar-refractivity contribution in [3.8, 4) is 22.8 Å². The molecule has 34 heavy (non-hydrogen) atoms. The smallest absolute Gasteiger partial charge is 0.138 e. The molecule has 0 saturated carbocycles. The van der Waals surface area contributed by atoms with Crippen molar-refractivity contribution in [1.82, 2.24) is 19.1 Å². The van der Waals surface area contributed by atoms with Crippen molar-refractivity contribution in [3.05, 3.63) is 122 Å². The lowest BCUT2D eigenvalue weighted by molar-refractivity contribution is 1.08. The number of hydrogen-bond acceptors (Lipinski definition) is 2. The Morgan fingerprint density at radius 3 is 2.21 bits per heavy atom. The van der Waals surface area contributed by atoms with E-state index in [1.54, 1.807) is 12.4 Å². The first kappa shape index (κ1) is 18.8. The van der Waals surface area contributed by atoms with E-state index in [-0.39, 0.29) is 0 Å². The summed E-state index contributed by atoms with van der Waals surface area (Å²) in [6.07, 6.45) is 5.77. The van der Waals surface area contributed by atoms with Crippen molar-refractivity contribution in [3.63, 3.8) is 0 Å². The van der Waals surface area contributed by atoms with Gasteiger partial charge >= 0.3 is 0 Å². The summed E-state index contributed by atoms with van der Waals surface area (Å²) in [5.74, 6) is 0.905. The molecular weight excluding hydrogens is 416 g/mol. The predicted octanol–water partition coefficient (Wildman–Crippen LogP) is 7.18. The fourth-order valence-electron chi connectivity index (χ4n) is 4.98. The Bertz CT molecular complexity index is 1790. The summed E-state index contributed by atoms with van der Waals surface area (Å²) in [7, 11) is 0. The van der Waals surface area contributed by atoms with E-state index in [2.05, 4.69) is 99.2 Å². The minimum atomic E-state index is 0.905. The maximum Gasteiger partial charge on any atom is 0.138 e. The van der Waals surface area contributed by atoms with E-state index < -0.39 is 0 Å².